The van der Waals surface area contributed by atoms with Crippen LogP contribution in [0.4, 0.5) is 4.39 Å². The molecule has 5 heteroatoms. The van der Waals surface area contributed by atoms with Gasteiger partial charge in [0, 0.05) is 31.7 Å². The van der Waals surface area contributed by atoms with Crippen molar-refractivity contribution in [2.75, 3.05) is 19.7 Å². The third kappa shape index (κ3) is 5.39. The molecule has 0 aromatic heterocycles. The van der Waals surface area contributed by atoms with E-state index in [4.69, 9.17) is 4.74 Å². The van der Waals surface area contributed by atoms with Gasteiger partial charge in [0.15, 0.2) is 6.61 Å². The number of piperazine rings is 1. The number of carbonyl (C=O) groups is 1. The van der Waals surface area contributed by atoms with Gasteiger partial charge >= 0.3 is 0 Å². The Balaban J connectivity index is 1.58. The van der Waals surface area contributed by atoms with Crippen LogP contribution in [0, 0.1) is 5.82 Å². The summed E-state index contributed by atoms with van der Waals surface area (Å²) >= 11 is 0. The van der Waals surface area contributed by atoms with Crippen LogP contribution in [0.3, 0.4) is 0 Å². The van der Waals surface area contributed by atoms with Crippen LogP contribution in [0.15, 0.2) is 48.5 Å². The molecule has 1 fully saturated rings. The molecule has 1 aliphatic rings. The molecule has 1 unspecified atom stereocenters. The van der Waals surface area contributed by atoms with Crippen LogP contribution < -0.4 is 4.74 Å². The van der Waals surface area contributed by atoms with E-state index in [0.717, 1.165) is 36.4 Å². The number of halogens is 1. The largest absolute Gasteiger partial charge is 0.483 e. The van der Waals surface area contributed by atoms with E-state index in [0.29, 0.717) is 12.5 Å². The van der Waals surface area contributed by atoms with Crippen molar-refractivity contribution in [2.45, 2.75) is 58.7 Å². The fourth-order valence-electron chi connectivity index (χ4n) is 4.05. The van der Waals surface area contributed by atoms with E-state index in [9.17, 15) is 9.18 Å². The average Bonchev–Trinajstić information content (AvgIpc) is 2.75. The first kappa shape index (κ1) is 22.3. The third-order valence-corrected chi connectivity index (χ3v) is 6.15. The van der Waals surface area contributed by atoms with Gasteiger partial charge in [-0.15, -0.1) is 0 Å². The molecule has 3 atom stereocenters. The van der Waals surface area contributed by atoms with Gasteiger partial charge in [-0.05, 0) is 55.5 Å². The molecule has 0 radical (unpaired) electrons. The average molecular weight is 413 g/mol. The molecule has 4 nitrogen and oxygen atoms in total. The van der Waals surface area contributed by atoms with Gasteiger partial charge in [-0.25, -0.2) is 4.39 Å². The molecule has 3 rings (SSSR count). The smallest absolute Gasteiger partial charge is 0.260 e. The van der Waals surface area contributed by atoms with E-state index in [1.807, 2.05) is 35.2 Å². The summed E-state index contributed by atoms with van der Waals surface area (Å²) in [7, 11) is 0. The number of ether oxygens (including phenoxy) is 1. The van der Waals surface area contributed by atoms with Crippen LogP contribution in [0.25, 0.3) is 0 Å². The van der Waals surface area contributed by atoms with E-state index in [-0.39, 0.29) is 30.4 Å². The SMILES string of the molecule is CCC(C)c1ccccc1OCC(=O)N1C[C@@H](C)N(Cc2ccc(F)cc2)C[C@@H]1C. The Bertz CT molecular complexity index is 839. The predicted octanol–water partition coefficient (Wildman–Crippen LogP) is 4.84. The summed E-state index contributed by atoms with van der Waals surface area (Å²) in [6, 6.07) is 15.0. The van der Waals surface area contributed by atoms with Crippen LogP contribution in [0.1, 0.15) is 51.2 Å². The summed E-state index contributed by atoms with van der Waals surface area (Å²) in [5, 5.41) is 0. The fourth-order valence-corrected chi connectivity index (χ4v) is 4.05. The van der Waals surface area contributed by atoms with Gasteiger partial charge in [-0.3, -0.25) is 9.69 Å². The van der Waals surface area contributed by atoms with E-state index in [1.54, 1.807) is 0 Å². The van der Waals surface area contributed by atoms with Crippen molar-refractivity contribution in [3.8, 4) is 5.75 Å². The summed E-state index contributed by atoms with van der Waals surface area (Å²) in [5.41, 5.74) is 2.23. The summed E-state index contributed by atoms with van der Waals surface area (Å²) in [6.07, 6.45) is 1.03. The molecule has 1 aliphatic heterocycles. The van der Waals surface area contributed by atoms with Crippen molar-refractivity contribution in [2.24, 2.45) is 0 Å². The second kappa shape index (κ2) is 10.1. The number of hydrogen-bond donors (Lipinski definition) is 0. The van der Waals surface area contributed by atoms with Crippen LogP contribution in [0.2, 0.25) is 0 Å². The first-order chi connectivity index (χ1) is 14.4. The Morgan fingerprint density at radius 2 is 1.80 bits per heavy atom. The van der Waals surface area contributed by atoms with Gasteiger partial charge in [-0.2, -0.15) is 0 Å². The maximum atomic E-state index is 13.2. The van der Waals surface area contributed by atoms with Crippen LogP contribution in [-0.4, -0.2) is 47.5 Å². The molecule has 2 aromatic carbocycles. The van der Waals surface area contributed by atoms with Crippen LogP contribution in [0.5, 0.6) is 5.75 Å². The number of carbonyl (C=O) groups excluding carboxylic acids is 1. The second-order valence-electron chi connectivity index (χ2n) is 8.44. The molecule has 30 heavy (non-hydrogen) atoms. The standard InChI is InChI=1S/C25H33FN2O2/c1-5-18(2)23-8-6-7-9-24(23)30-17-25(29)28-15-19(3)27(14-20(28)4)16-21-10-12-22(26)13-11-21/h6-13,18-20H,5,14-17H2,1-4H3/t18?,19-,20+/m1/s1. The molecular weight excluding hydrogens is 379 g/mol. The lowest BCUT2D eigenvalue weighted by molar-refractivity contribution is -0.139. The molecule has 1 saturated heterocycles. The van der Waals surface area contributed by atoms with E-state index in [2.05, 4.69) is 38.7 Å². The lowest BCUT2D eigenvalue weighted by Gasteiger charge is -2.44. The van der Waals surface area contributed by atoms with Gasteiger partial charge in [0.05, 0.1) is 0 Å². The first-order valence-electron chi connectivity index (χ1n) is 10.9. The molecule has 0 N–H and O–H groups in total. The van der Waals surface area contributed by atoms with Gasteiger partial charge < -0.3 is 9.64 Å². The molecule has 2 aromatic rings. The minimum atomic E-state index is -0.217. The lowest BCUT2D eigenvalue weighted by Crippen LogP contribution is -2.58. The monoisotopic (exact) mass is 412 g/mol. The lowest BCUT2D eigenvalue weighted by atomic mass is 9.98. The molecule has 0 aliphatic carbocycles. The highest BCUT2D eigenvalue weighted by atomic mass is 19.1. The summed E-state index contributed by atoms with van der Waals surface area (Å²) in [4.78, 5) is 17.2. The number of benzene rings is 2. The number of nitrogens with zero attached hydrogens (tertiary/aromatic N) is 2. The molecule has 1 heterocycles. The van der Waals surface area contributed by atoms with Gasteiger partial charge in [0.1, 0.15) is 11.6 Å². The Labute approximate surface area is 179 Å². The maximum absolute atomic E-state index is 13.2. The Kier molecular flexibility index (Phi) is 7.48. The van der Waals surface area contributed by atoms with Crippen LogP contribution in [-0.2, 0) is 11.3 Å². The van der Waals surface area contributed by atoms with E-state index < -0.39 is 0 Å². The third-order valence-electron chi connectivity index (χ3n) is 6.15. The van der Waals surface area contributed by atoms with E-state index in [1.165, 1.54) is 12.1 Å². The second-order valence-corrected chi connectivity index (χ2v) is 8.44. The Hall–Kier alpha value is -2.40. The Morgan fingerprint density at radius 1 is 1.10 bits per heavy atom. The predicted molar refractivity (Wildman–Crippen MR) is 118 cm³/mol. The van der Waals surface area contributed by atoms with Gasteiger partial charge in [0.25, 0.3) is 5.91 Å². The van der Waals surface area contributed by atoms with Crippen molar-refractivity contribution >= 4 is 5.91 Å². The van der Waals surface area contributed by atoms with Crippen molar-refractivity contribution in [3.63, 3.8) is 0 Å². The van der Waals surface area contributed by atoms with Crippen molar-refractivity contribution in [1.82, 2.24) is 9.80 Å². The number of para-hydroxylation sites is 1. The zero-order valence-corrected chi connectivity index (χ0v) is 18.5. The molecule has 0 spiro atoms. The minimum absolute atomic E-state index is 0.0229. The number of amides is 1. The molecule has 1 amide bonds. The van der Waals surface area contributed by atoms with Gasteiger partial charge in [0.2, 0.25) is 0 Å². The topological polar surface area (TPSA) is 32.8 Å². The summed E-state index contributed by atoms with van der Waals surface area (Å²) in [5.74, 6) is 1.00. The first-order valence-corrected chi connectivity index (χ1v) is 10.9. The minimum Gasteiger partial charge on any atom is -0.483 e. The molecule has 0 saturated carbocycles. The fraction of sp³-hybridized carbons (Fsp3) is 0.480. The summed E-state index contributed by atoms with van der Waals surface area (Å²) in [6.45, 7) is 10.8. The van der Waals surface area contributed by atoms with Gasteiger partial charge in [-0.1, -0.05) is 44.2 Å². The zero-order chi connectivity index (χ0) is 21.7. The van der Waals surface area contributed by atoms with Crippen molar-refractivity contribution < 1.29 is 13.9 Å². The Morgan fingerprint density at radius 3 is 2.50 bits per heavy atom. The molecule has 162 valence electrons. The normalized spacial score (nSPS) is 20.8. The quantitative estimate of drug-likeness (QED) is 0.652. The number of rotatable bonds is 7. The van der Waals surface area contributed by atoms with Crippen LogP contribution >= 0.6 is 0 Å². The highest BCUT2D eigenvalue weighted by Crippen LogP contribution is 2.28. The van der Waals surface area contributed by atoms with Crippen molar-refractivity contribution in [3.05, 3.63) is 65.5 Å². The summed E-state index contributed by atoms with van der Waals surface area (Å²) < 4.78 is 19.1. The van der Waals surface area contributed by atoms with E-state index >= 15 is 0 Å². The zero-order valence-electron chi connectivity index (χ0n) is 18.5. The molecule has 0 bridgehead atoms. The van der Waals surface area contributed by atoms with Crippen molar-refractivity contribution in [1.29, 1.82) is 0 Å². The highest BCUT2D eigenvalue weighted by molar-refractivity contribution is 5.78. The molecular formula is C25H33FN2O2. The highest BCUT2D eigenvalue weighted by Gasteiger charge is 2.32. The maximum Gasteiger partial charge on any atom is 0.260 e. The number of hydrogen-bond acceptors (Lipinski definition) is 3.